The Morgan fingerprint density at radius 3 is 2.48 bits per heavy atom. The quantitative estimate of drug-likeness (QED) is 0.889. The number of anilines is 1. The van der Waals surface area contributed by atoms with Gasteiger partial charge in [0.1, 0.15) is 0 Å². The van der Waals surface area contributed by atoms with Crippen LogP contribution in [-0.4, -0.2) is 26.0 Å². The Morgan fingerprint density at radius 2 is 1.76 bits per heavy atom. The van der Waals surface area contributed by atoms with Gasteiger partial charge in [0.15, 0.2) is 0 Å². The van der Waals surface area contributed by atoms with Gasteiger partial charge in [-0.15, -0.1) is 0 Å². The molecule has 0 saturated carbocycles. The minimum atomic E-state index is -0.00967. The summed E-state index contributed by atoms with van der Waals surface area (Å²) in [7, 11) is 2.01. The summed E-state index contributed by atoms with van der Waals surface area (Å²) in [4.78, 5) is 14.0. The molecule has 0 spiro atoms. The monoisotopic (exact) mass is 302 g/mol. The summed E-state index contributed by atoms with van der Waals surface area (Å²) in [6, 6.07) is 17.5. The second kappa shape index (κ2) is 7.70. The van der Waals surface area contributed by atoms with Crippen molar-refractivity contribution >= 4 is 23.2 Å². The molecule has 110 valence electrons. The highest BCUT2D eigenvalue weighted by atomic mass is 35.5. The lowest BCUT2D eigenvalue weighted by atomic mass is 10.1. The van der Waals surface area contributed by atoms with Gasteiger partial charge in [-0.25, -0.2) is 0 Å². The molecule has 0 aliphatic carbocycles. The molecule has 0 heterocycles. The Bertz CT molecular complexity index is 586. The zero-order valence-corrected chi connectivity index (χ0v) is 12.8. The minimum absolute atomic E-state index is 0.00967. The number of hydrogen-bond donors (Lipinski definition) is 1. The molecule has 0 bridgehead atoms. The van der Waals surface area contributed by atoms with Crippen LogP contribution >= 0.6 is 11.6 Å². The van der Waals surface area contributed by atoms with Crippen LogP contribution in [-0.2, 0) is 11.2 Å². The molecule has 0 unspecified atom stereocenters. The Labute approximate surface area is 130 Å². The van der Waals surface area contributed by atoms with Crippen LogP contribution in [0.4, 0.5) is 5.69 Å². The van der Waals surface area contributed by atoms with E-state index in [-0.39, 0.29) is 5.91 Å². The Morgan fingerprint density at radius 1 is 1.10 bits per heavy atom. The van der Waals surface area contributed by atoms with Gasteiger partial charge in [-0.1, -0.05) is 48.0 Å². The second-order valence-corrected chi connectivity index (χ2v) is 5.28. The van der Waals surface area contributed by atoms with Gasteiger partial charge in [-0.2, -0.15) is 0 Å². The number of para-hydroxylation sites is 1. The average Bonchev–Trinajstić information content (AvgIpc) is 2.50. The van der Waals surface area contributed by atoms with Crippen molar-refractivity contribution in [3.05, 3.63) is 65.2 Å². The topological polar surface area (TPSA) is 32.3 Å². The number of halogens is 1. The molecule has 0 aliphatic rings. The molecule has 0 aromatic heterocycles. The highest BCUT2D eigenvalue weighted by Gasteiger charge is 2.06. The predicted molar refractivity (Wildman–Crippen MR) is 87.9 cm³/mol. The van der Waals surface area contributed by atoms with Crippen molar-refractivity contribution in [3.63, 3.8) is 0 Å². The van der Waals surface area contributed by atoms with E-state index in [1.165, 1.54) is 0 Å². The number of benzene rings is 2. The maximum atomic E-state index is 11.9. The van der Waals surface area contributed by atoms with Crippen LogP contribution < -0.4 is 10.2 Å². The fourth-order valence-electron chi connectivity index (χ4n) is 2.05. The Hall–Kier alpha value is -2.00. The lowest BCUT2D eigenvalue weighted by Crippen LogP contribution is -2.33. The normalized spacial score (nSPS) is 10.2. The molecule has 0 radical (unpaired) electrons. The summed E-state index contributed by atoms with van der Waals surface area (Å²) in [6.45, 7) is 1.37. The third-order valence-corrected chi connectivity index (χ3v) is 3.64. The van der Waals surface area contributed by atoms with Gasteiger partial charge in [-0.3, -0.25) is 4.79 Å². The van der Waals surface area contributed by atoms with Crippen LogP contribution in [0.25, 0.3) is 0 Å². The molecule has 0 fully saturated rings. The number of carbonyl (C=O) groups excluding carboxylic acids is 1. The molecule has 2 aromatic rings. The van der Waals surface area contributed by atoms with Crippen molar-refractivity contribution in [1.82, 2.24) is 5.32 Å². The maximum Gasteiger partial charge on any atom is 0.224 e. The van der Waals surface area contributed by atoms with Crippen LogP contribution in [0, 0.1) is 0 Å². The zero-order valence-electron chi connectivity index (χ0n) is 12.1. The van der Waals surface area contributed by atoms with Crippen LogP contribution in [0.15, 0.2) is 54.6 Å². The first-order valence-electron chi connectivity index (χ1n) is 6.93. The van der Waals surface area contributed by atoms with Crippen molar-refractivity contribution in [3.8, 4) is 0 Å². The van der Waals surface area contributed by atoms with E-state index in [0.29, 0.717) is 18.0 Å². The third kappa shape index (κ3) is 4.80. The first kappa shape index (κ1) is 15.4. The molecule has 1 N–H and O–H groups in total. The van der Waals surface area contributed by atoms with Crippen molar-refractivity contribution in [1.29, 1.82) is 0 Å². The van der Waals surface area contributed by atoms with Crippen LogP contribution in [0.5, 0.6) is 0 Å². The maximum absolute atomic E-state index is 11.9. The van der Waals surface area contributed by atoms with E-state index >= 15 is 0 Å². The number of carbonyl (C=O) groups is 1. The molecule has 0 atom stereocenters. The van der Waals surface area contributed by atoms with Gasteiger partial charge >= 0.3 is 0 Å². The summed E-state index contributed by atoms with van der Waals surface area (Å²) in [5.41, 5.74) is 1.99. The number of hydrogen-bond acceptors (Lipinski definition) is 2. The first-order chi connectivity index (χ1) is 10.2. The van der Waals surface area contributed by atoms with E-state index in [1.54, 1.807) is 6.07 Å². The number of amides is 1. The minimum Gasteiger partial charge on any atom is -0.373 e. The van der Waals surface area contributed by atoms with Gasteiger partial charge < -0.3 is 10.2 Å². The molecular weight excluding hydrogens is 284 g/mol. The van der Waals surface area contributed by atoms with Crippen molar-refractivity contribution in [2.24, 2.45) is 0 Å². The number of rotatable bonds is 6. The van der Waals surface area contributed by atoms with Crippen LogP contribution in [0.3, 0.4) is 0 Å². The molecule has 21 heavy (non-hydrogen) atoms. The summed E-state index contributed by atoms with van der Waals surface area (Å²) < 4.78 is 0. The van der Waals surface area contributed by atoms with Gasteiger partial charge in [-0.05, 0) is 23.8 Å². The molecule has 3 nitrogen and oxygen atoms in total. The molecular formula is C17H19ClN2O. The van der Waals surface area contributed by atoms with Crippen molar-refractivity contribution in [2.45, 2.75) is 6.42 Å². The number of nitrogens with zero attached hydrogens (tertiary/aromatic N) is 1. The number of nitrogens with one attached hydrogen (secondary N) is 1. The first-order valence-corrected chi connectivity index (χ1v) is 7.31. The highest BCUT2D eigenvalue weighted by molar-refractivity contribution is 6.31. The average molecular weight is 303 g/mol. The van der Waals surface area contributed by atoms with E-state index in [9.17, 15) is 4.79 Å². The van der Waals surface area contributed by atoms with E-state index in [2.05, 4.69) is 10.2 Å². The second-order valence-electron chi connectivity index (χ2n) is 4.88. The SMILES string of the molecule is CN(CCNC(=O)Cc1ccccc1Cl)c1ccccc1. The van der Waals surface area contributed by atoms with E-state index < -0.39 is 0 Å². The lowest BCUT2D eigenvalue weighted by Gasteiger charge is -2.19. The van der Waals surface area contributed by atoms with E-state index in [1.807, 2.05) is 55.6 Å². The Kier molecular flexibility index (Phi) is 5.64. The molecule has 0 aliphatic heterocycles. The highest BCUT2D eigenvalue weighted by Crippen LogP contribution is 2.15. The summed E-state index contributed by atoms with van der Waals surface area (Å²) in [5, 5.41) is 3.55. The number of likely N-dealkylation sites (N-methyl/N-ethyl adjacent to an activating group) is 1. The predicted octanol–water partition coefficient (Wildman–Crippen LogP) is 3.14. The van der Waals surface area contributed by atoms with Gasteiger partial charge in [0.2, 0.25) is 5.91 Å². The van der Waals surface area contributed by atoms with Crippen molar-refractivity contribution in [2.75, 3.05) is 25.0 Å². The fourth-order valence-corrected chi connectivity index (χ4v) is 2.25. The summed E-state index contributed by atoms with van der Waals surface area (Å²) in [5.74, 6) is -0.00967. The van der Waals surface area contributed by atoms with Crippen molar-refractivity contribution < 1.29 is 4.79 Å². The Balaban J connectivity index is 1.76. The summed E-state index contributed by atoms with van der Waals surface area (Å²) >= 11 is 6.04. The molecule has 1 amide bonds. The molecule has 4 heteroatoms. The largest absolute Gasteiger partial charge is 0.373 e. The van der Waals surface area contributed by atoms with Gasteiger partial charge in [0.05, 0.1) is 6.42 Å². The van der Waals surface area contributed by atoms with Crippen LogP contribution in [0.1, 0.15) is 5.56 Å². The van der Waals surface area contributed by atoms with Gasteiger partial charge in [0, 0.05) is 30.8 Å². The molecule has 2 aromatic carbocycles. The van der Waals surface area contributed by atoms with Gasteiger partial charge in [0.25, 0.3) is 0 Å². The smallest absolute Gasteiger partial charge is 0.224 e. The molecule has 2 rings (SSSR count). The fraction of sp³-hybridized carbons (Fsp3) is 0.235. The van der Waals surface area contributed by atoms with E-state index in [4.69, 9.17) is 11.6 Å². The standard InChI is InChI=1S/C17H19ClN2O/c1-20(15-8-3-2-4-9-15)12-11-19-17(21)13-14-7-5-6-10-16(14)18/h2-10H,11-13H2,1H3,(H,19,21). The lowest BCUT2D eigenvalue weighted by molar-refractivity contribution is -0.120. The zero-order chi connectivity index (χ0) is 15.1. The van der Waals surface area contributed by atoms with E-state index in [0.717, 1.165) is 17.8 Å². The van der Waals surface area contributed by atoms with Crippen LogP contribution in [0.2, 0.25) is 5.02 Å². The summed E-state index contributed by atoms with van der Waals surface area (Å²) in [6.07, 6.45) is 0.314. The molecule has 0 saturated heterocycles. The third-order valence-electron chi connectivity index (χ3n) is 3.28.